The van der Waals surface area contributed by atoms with E-state index in [9.17, 15) is 9.59 Å². The molecule has 0 aliphatic carbocycles. The lowest BCUT2D eigenvalue weighted by Crippen LogP contribution is -2.44. The van der Waals surface area contributed by atoms with Crippen molar-refractivity contribution in [1.29, 1.82) is 0 Å². The summed E-state index contributed by atoms with van der Waals surface area (Å²) in [6.45, 7) is 4.74. The maximum Gasteiger partial charge on any atom is 0.306 e. The Morgan fingerprint density at radius 2 is 2.03 bits per heavy atom. The fourth-order valence-corrected chi connectivity index (χ4v) is 5.10. The molecule has 0 bridgehead atoms. The summed E-state index contributed by atoms with van der Waals surface area (Å²) < 4.78 is 6.77. The van der Waals surface area contributed by atoms with Crippen LogP contribution in [0.15, 0.2) is 24.4 Å². The number of hydrogen-bond donors (Lipinski definition) is 1. The summed E-state index contributed by atoms with van der Waals surface area (Å²) in [4.78, 5) is 27.1. The molecule has 2 unspecified atom stereocenters. The molecule has 3 heterocycles. The number of carbonyl (C=O) groups excluding carboxylic acids is 2. The van der Waals surface area contributed by atoms with Crippen LogP contribution in [0, 0.1) is 0 Å². The minimum absolute atomic E-state index is 0.0248. The topological polar surface area (TPSA) is 77.6 Å². The second kappa shape index (κ2) is 9.21. The molecule has 1 aromatic heterocycles. The summed E-state index contributed by atoms with van der Waals surface area (Å²) in [5, 5.41) is 1.08. The lowest BCUT2D eigenvalue weighted by atomic mass is 9.82. The number of benzene rings is 1. The summed E-state index contributed by atoms with van der Waals surface area (Å²) in [7, 11) is 0. The van der Waals surface area contributed by atoms with Gasteiger partial charge in [0, 0.05) is 29.6 Å². The molecule has 0 radical (unpaired) electrons. The average molecular weight is 412 g/mol. The first-order valence-electron chi connectivity index (χ1n) is 11.4. The highest BCUT2D eigenvalue weighted by Crippen LogP contribution is 2.39. The molecule has 2 aliphatic heterocycles. The molecule has 2 saturated heterocycles. The summed E-state index contributed by atoms with van der Waals surface area (Å²) >= 11 is 0. The molecule has 2 aliphatic rings. The van der Waals surface area contributed by atoms with Gasteiger partial charge in [-0.15, -0.1) is 0 Å². The van der Waals surface area contributed by atoms with Crippen molar-refractivity contribution in [2.45, 2.75) is 70.3 Å². The Morgan fingerprint density at radius 3 is 2.87 bits per heavy atom. The molecule has 2 fully saturated rings. The van der Waals surface area contributed by atoms with Gasteiger partial charge >= 0.3 is 5.97 Å². The summed E-state index contributed by atoms with van der Waals surface area (Å²) in [5.74, 6) is 6.39. The molecule has 1 aromatic carbocycles. The number of nitrogens with zero attached hydrogens (tertiary/aromatic N) is 2. The first kappa shape index (κ1) is 20.9. The highest BCUT2D eigenvalue weighted by molar-refractivity contribution is 6.01. The van der Waals surface area contributed by atoms with Crippen LogP contribution in [0.3, 0.4) is 0 Å². The van der Waals surface area contributed by atoms with Crippen molar-refractivity contribution in [1.82, 2.24) is 9.58 Å². The Hall–Kier alpha value is -2.34. The second-order valence-electron chi connectivity index (χ2n) is 8.77. The third-order valence-electron chi connectivity index (χ3n) is 6.72. The van der Waals surface area contributed by atoms with E-state index in [0.717, 1.165) is 30.3 Å². The van der Waals surface area contributed by atoms with E-state index in [0.29, 0.717) is 24.1 Å². The number of ether oxygens (including phenoxy) is 1. The molecule has 2 atom stereocenters. The molecule has 6 heteroatoms. The van der Waals surface area contributed by atoms with Crippen molar-refractivity contribution < 1.29 is 14.3 Å². The van der Waals surface area contributed by atoms with Crippen molar-refractivity contribution in [3.8, 4) is 0 Å². The van der Waals surface area contributed by atoms with E-state index in [4.69, 9.17) is 10.6 Å². The van der Waals surface area contributed by atoms with E-state index in [1.165, 1.54) is 37.8 Å². The summed E-state index contributed by atoms with van der Waals surface area (Å²) in [6.07, 6.45) is 9.37. The zero-order valence-corrected chi connectivity index (χ0v) is 17.9. The third-order valence-corrected chi connectivity index (χ3v) is 6.72. The number of ketones is 1. The number of Topliss-reactive ketones (excluding diaryl/α,β-unsaturated/α-hetero) is 1. The number of aromatic nitrogens is 1. The van der Waals surface area contributed by atoms with E-state index < -0.39 is 0 Å². The molecule has 2 aromatic rings. The Labute approximate surface area is 178 Å². The summed E-state index contributed by atoms with van der Waals surface area (Å²) in [5.41, 5.74) is 2.86. The van der Waals surface area contributed by atoms with Crippen molar-refractivity contribution in [2.75, 3.05) is 25.5 Å². The minimum atomic E-state index is -0.306. The molecule has 0 saturated carbocycles. The van der Waals surface area contributed by atoms with Crippen LogP contribution in [-0.4, -0.2) is 47.1 Å². The first-order valence-corrected chi connectivity index (χ1v) is 11.4. The zero-order chi connectivity index (χ0) is 21.1. The molecule has 162 valence electrons. The monoisotopic (exact) mass is 411 g/mol. The molecular weight excluding hydrogens is 378 g/mol. The first-order chi connectivity index (χ1) is 14.6. The minimum Gasteiger partial charge on any atom is -0.466 e. The van der Waals surface area contributed by atoms with Crippen LogP contribution in [0.1, 0.15) is 80.1 Å². The van der Waals surface area contributed by atoms with Crippen LogP contribution < -0.4 is 5.84 Å². The van der Waals surface area contributed by atoms with Gasteiger partial charge in [-0.05, 0) is 74.9 Å². The van der Waals surface area contributed by atoms with Gasteiger partial charge in [-0.25, -0.2) is 0 Å². The third kappa shape index (κ3) is 4.38. The Bertz CT molecular complexity index is 920. The molecule has 2 N–H and O–H groups in total. The predicted molar refractivity (Wildman–Crippen MR) is 118 cm³/mol. The lowest BCUT2D eigenvalue weighted by molar-refractivity contribution is -0.143. The number of nitrogens with two attached hydrogens (primary N) is 1. The molecule has 6 nitrogen and oxygen atoms in total. The van der Waals surface area contributed by atoms with E-state index in [-0.39, 0.29) is 24.6 Å². The van der Waals surface area contributed by atoms with Crippen LogP contribution in [0.2, 0.25) is 0 Å². The second-order valence-corrected chi connectivity index (χ2v) is 8.77. The Kier molecular flexibility index (Phi) is 6.42. The fourth-order valence-electron chi connectivity index (χ4n) is 5.10. The number of piperidine rings is 2. The number of nitrogen functional groups attached to an aromatic ring is 1. The van der Waals surface area contributed by atoms with Gasteiger partial charge in [-0.2, -0.15) is 0 Å². The highest BCUT2D eigenvalue weighted by atomic mass is 16.5. The molecule has 30 heavy (non-hydrogen) atoms. The van der Waals surface area contributed by atoms with Gasteiger partial charge in [0.15, 0.2) is 5.78 Å². The normalized spacial score (nSPS) is 22.0. The standard InChI is InChI=1S/C24H33N3O3/c1-2-13-30-24(29)9-8-23(28)18-6-7-22-20(15-18)21(16-27(22)25)17-10-12-26-11-4-3-5-19(26)14-17/h6-7,15-17,19H,2-5,8-14,25H2,1H3. The van der Waals surface area contributed by atoms with Gasteiger partial charge < -0.3 is 15.5 Å². The maximum atomic E-state index is 12.7. The van der Waals surface area contributed by atoms with Gasteiger partial charge in [0.2, 0.25) is 0 Å². The lowest BCUT2D eigenvalue weighted by Gasteiger charge is -2.42. The molecular formula is C24H33N3O3. The Balaban J connectivity index is 1.51. The average Bonchev–Trinajstić information content (AvgIpc) is 3.11. The number of fused-ring (bicyclic) bond motifs is 2. The van der Waals surface area contributed by atoms with E-state index in [1.807, 2.05) is 31.3 Å². The van der Waals surface area contributed by atoms with Crippen LogP contribution in [0.25, 0.3) is 10.9 Å². The molecule has 4 rings (SSSR count). The van der Waals surface area contributed by atoms with E-state index in [2.05, 4.69) is 4.90 Å². The smallest absolute Gasteiger partial charge is 0.306 e. The van der Waals surface area contributed by atoms with Crippen LogP contribution >= 0.6 is 0 Å². The van der Waals surface area contributed by atoms with Gasteiger partial charge in [-0.1, -0.05) is 13.3 Å². The summed E-state index contributed by atoms with van der Waals surface area (Å²) in [6, 6.07) is 6.39. The van der Waals surface area contributed by atoms with E-state index >= 15 is 0 Å². The molecule has 0 spiro atoms. The highest BCUT2D eigenvalue weighted by Gasteiger charge is 2.32. The van der Waals surface area contributed by atoms with Gasteiger partial charge in [0.25, 0.3) is 0 Å². The number of hydrogen-bond acceptors (Lipinski definition) is 5. The zero-order valence-electron chi connectivity index (χ0n) is 17.9. The van der Waals surface area contributed by atoms with Crippen molar-refractivity contribution in [2.24, 2.45) is 0 Å². The molecule has 0 amide bonds. The SMILES string of the molecule is CCCOC(=O)CCC(=O)c1ccc2c(c1)c(C1CCN3CCCCC3C1)cn2N. The maximum absolute atomic E-state index is 12.7. The number of rotatable bonds is 7. The quantitative estimate of drug-likeness (QED) is 0.423. The Morgan fingerprint density at radius 1 is 1.17 bits per heavy atom. The number of esters is 1. The van der Waals surface area contributed by atoms with E-state index in [1.54, 1.807) is 4.68 Å². The predicted octanol–water partition coefficient (Wildman–Crippen LogP) is 4.00. The largest absolute Gasteiger partial charge is 0.466 e. The van der Waals surface area contributed by atoms with Crippen LogP contribution in [0.4, 0.5) is 0 Å². The van der Waals surface area contributed by atoms with Crippen molar-refractivity contribution in [3.05, 3.63) is 35.5 Å². The number of carbonyl (C=O) groups is 2. The van der Waals surface area contributed by atoms with Crippen LogP contribution in [0.5, 0.6) is 0 Å². The van der Waals surface area contributed by atoms with Gasteiger partial charge in [0.05, 0.1) is 18.5 Å². The fraction of sp³-hybridized carbons (Fsp3) is 0.583. The van der Waals surface area contributed by atoms with Gasteiger partial charge in [-0.3, -0.25) is 14.3 Å². The van der Waals surface area contributed by atoms with Gasteiger partial charge in [0.1, 0.15) is 0 Å². The van der Waals surface area contributed by atoms with Crippen LogP contribution in [-0.2, 0) is 9.53 Å². The van der Waals surface area contributed by atoms with Crippen molar-refractivity contribution >= 4 is 22.7 Å². The van der Waals surface area contributed by atoms with Crippen molar-refractivity contribution in [3.63, 3.8) is 0 Å².